The Bertz CT molecular complexity index is 482. The number of halogens is 1. The van der Waals surface area contributed by atoms with Crippen LogP contribution in [-0.4, -0.2) is 37.6 Å². The Morgan fingerprint density at radius 1 is 1.33 bits per heavy atom. The van der Waals surface area contributed by atoms with Gasteiger partial charge in [-0.3, -0.25) is 9.59 Å². The second kappa shape index (κ2) is 8.91. The molecule has 0 spiro atoms. The van der Waals surface area contributed by atoms with Gasteiger partial charge in [0.05, 0.1) is 19.6 Å². The maximum Gasteiger partial charge on any atom is 0.239 e. The number of carbonyl (C=O) groups is 2. The number of nitrogens with one attached hydrogen (secondary N) is 2. The fourth-order valence-electron chi connectivity index (χ4n) is 1.54. The summed E-state index contributed by atoms with van der Waals surface area (Å²) in [5.74, 6) is -0.699. The lowest BCUT2D eigenvalue weighted by Crippen LogP contribution is -2.42. The van der Waals surface area contributed by atoms with Crippen molar-refractivity contribution >= 4 is 11.8 Å². The standard InChI is InChI=1S/C14H20FN3O3/c1-2-11(21-12-5-3-4-10(15)6-12)8-17-14(20)9-18-13(19)7-16/h3-6,11H,2,7-9,16H2,1H3,(H,17,20)(H,18,19). The minimum atomic E-state index is -0.395. The molecule has 1 rings (SSSR count). The molecule has 1 aromatic rings. The SMILES string of the molecule is CCC(CNC(=O)CNC(=O)CN)Oc1cccc(F)c1. The van der Waals surface area contributed by atoms with Crippen molar-refractivity contribution in [3.05, 3.63) is 30.1 Å². The van der Waals surface area contributed by atoms with Crippen LogP contribution in [0.25, 0.3) is 0 Å². The van der Waals surface area contributed by atoms with Crippen LogP contribution in [0.4, 0.5) is 4.39 Å². The van der Waals surface area contributed by atoms with Crippen LogP contribution in [0, 0.1) is 5.82 Å². The topological polar surface area (TPSA) is 93.5 Å². The van der Waals surface area contributed by atoms with E-state index in [1.807, 2.05) is 6.92 Å². The molecule has 21 heavy (non-hydrogen) atoms. The quantitative estimate of drug-likeness (QED) is 0.638. The summed E-state index contributed by atoms with van der Waals surface area (Å²) in [6.07, 6.45) is 0.368. The van der Waals surface area contributed by atoms with Gasteiger partial charge in [-0.2, -0.15) is 0 Å². The third kappa shape index (κ3) is 6.71. The van der Waals surface area contributed by atoms with Crippen LogP contribution in [0.3, 0.4) is 0 Å². The molecule has 1 unspecified atom stereocenters. The van der Waals surface area contributed by atoms with Crippen molar-refractivity contribution in [3.63, 3.8) is 0 Å². The van der Waals surface area contributed by atoms with Crippen molar-refractivity contribution in [2.45, 2.75) is 19.4 Å². The van der Waals surface area contributed by atoms with Crippen LogP contribution in [0.1, 0.15) is 13.3 Å². The lowest BCUT2D eigenvalue weighted by atomic mass is 10.2. The second-order valence-corrected chi connectivity index (χ2v) is 4.39. The molecule has 1 atom stereocenters. The van der Waals surface area contributed by atoms with Gasteiger partial charge >= 0.3 is 0 Å². The first kappa shape index (κ1) is 16.9. The van der Waals surface area contributed by atoms with E-state index in [2.05, 4.69) is 10.6 Å². The highest BCUT2D eigenvalue weighted by molar-refractivity contribution is 5.85. The Kier molecular flexibility index (Phi) is 7.17. The first-order valence-electron chi connectivity index (χ1n) is 6.70. The second-order valence-electron chi connectivity index (χ2n) is 4.39. The molecule has 0 bridgehead atoms. The zero-order valence-corrected chi connectivity index (χ0v) is 11.9. The van der Waals surface area contributed by atoms with E-state index in [0.717, 1.165) is 0 Å². The predicted octanol–water partition coefficient (Wildman–Crippen LogP) is 0.174. The first-order chi connectivity index (χ1) is 10.0. The van der Waals surface area contributed by atoms with E-state index < -0.39 is 5.91 Å². The Morgan fingerprint density at radius 3 is 2.71 bits per heavy atom. The van der Waals surface area contributed by atoms with Crippen molar-refractivity contribution in [2.24, 2.45) is 5.73 Å². The summed E-state index contributed by atoms with van der Waals surface area (Å²) in [5, 5.41) is 5.00. The van der Waals surface area contributed by atoms with Gasteiger partial charge in [0.2, 0.25) is 11.8 Å². The number of ether oxygens (including phenoxy) is 1. The summed E-state index contributed by atoms with van der Waals surface area (Å²) < 4.78 is 18.6. The van der Waals surface area contributed by atoms with Gasteiger partial charge in [0.15, 0.2) is 0 Å². The highest BCUT2D eigenvalue weighted by Crippen LogP contribution is 2.14. The number of benzene rings is 1. The van der Waals surface area contributed by atoms with Crippen LogP contribution < -0.4 is 21.1 Å². The van der Waals surface area contributed by atoms with E-state index >= 15 is 0 Å². The number of hydrogen-bond donors (Lipinski definition) is 3. The lowest BCUT2D eigenvalue weighted by Gasteiger charge is -2.18. The number of carbonyl (C=O) groups excluding carboxylic acids is 2. The third-order valence-corrected chi connectivity index (χ3v) is 2.71. The number of nitrogens with two attached hydrogens (primary N) is 1. The molecule has 1 aromatic carbocycles. The van der Waals surface area contributed by atoms with Crippen molar-refractivity contribution in [3.8, 4) is 5.75 Å². The largest absolute Gasteiger partial charge is 0.489 e. The van der Waals surface area contributed by atoms with E-state index in [4.69, 9.17) is 10.5 Å². The molecule has 0 heterocycles. The highest BCUT2D eigenvalue weighted by atomic mass is 19.1. The molecule has 0 radical (unpaired) electrons. The van der Waals surface area contributed by atoms with Gasteiger partial charge in [-0.1, -0.05) is 13.0 Å². The van der Waals surface area contributed by atoms with Gasteiger partial charge in [-0.25, -0.2) is 4.39 Å². The minimum absolute atomic E-state index is 0.133. The third-order valence-electron chi connectivity index (χ3n) is 2.71. The summed E-state index contributed by atoms with van der Waals surface area (Å²) in [6, 6.07) is 5.81. The van der Waals surface area contributed by atoms with Crippen molar-refractivity contribution < 1.29 is 18.7 Å². The van der Waals surface area contributed by atoms with E-state index in [-0.39, 0.29) is 37.5 Å². The van der Waals surface area contributed by atoms with E-state index in [1.54, 1.807) is 12.1 Å². The van der Waals surface area contributed by atoms with Crippen LogP contribution in [0.2, 0.25) is 0 Å². The van der Waals surface area contributed by atoms with Gasteiger partial charge in [-0.05, 0) is 18.6 Å². The summed E-state index contributed by atoms with van der Waals surface area (Å²) in [4.78, 5) is 22.4. The van der Waals surface area contributed by atoms with Gasteiger partial charge in [0, 0.05) is 6.07 Å². The molecule has 116 valence electrons. The maximum atomic E-state index is 13.0. The summed E-state index contributed by atoms with van der Waals surface area (Å²) in [7, 11) is 0. The molecule has 0 aliphatic carbocycles. The number of amides is 2. The fraction of sp³-hybridized carbons (Fsp3) is 0.429. The molecule has 7 heteroatoms. The Balaban J connectivity index is 2.37. The van der Waals surface area contributed by atoms with Gasteiger partial charge in [-0.15, -0.1) is 0 Å². The Morgan fingerprint density at radius 2 is 2.10 bits per heavy atom. The summed E-state index contributed by atoms with van der Waals surface area (Å²) >= 11 is 0. The zero-order valence-electron chi connectivity index (χ0n) is 11.9. The average Bonchev–Trinajstić information content (AvgIpc) is 2.48. The molecule has 0 aliphatic rings. The minimum Gasteiger partial charge on any atom is -0.489 e. The van der Waals surface area contributed by atoms with Crippen LogP contribution >= 0.6 is 0 Å². The monoisotopic (exact) mass is 297 g/mol. The van der Waals surface area contributed by atoms with Crippen LogP contribution in [-0.2, 0) is 9.59 Å². The number of rotatable bonds is 8. The maximum absolute atomic E-state index is 13.0. The average molecular weight is 297 g/mol. The van der Waals surface area contributed by atoms with Crippen molar-refractivity contribution in [1.82, 2.24) is 10.6 Å². The highest BCUT2D eigenvalue weighted by Gasteiger charge is 2.11. The molecule has 0 aromatic heterocycles. The smallest absolute Gasteiger partial charge is 0.239 e. The fourth-order valence-corrected chi connectivity index (χ4v) is 1.54. The lowest BCUT2D eigenvalue weighted by molar-refractivity contribution is -0.125. The molecule has 6 nitrogen and oxygen atoms in total. The summed E-state index contributed by atoms with van der Waals surface area (Å²) in [5.41, 5.74) is 5.11. The Hall–Kier alpha value is -2.15. The molecule has 4 N–H and O–H groups in total. The van der Waals surface area contributed by atoms with Gasteiger partial charge < -0.3 is 21.1 Å². The molecular formula is C14H20FN3O3. The molecule has 0 aliphatic heterocycles. The molecule has 0 saturated carbocycles. The zero-order chi connectivity index (χ0) is 15.7. The number of hydrogen-bond acceptors (Lipinski definition) is 4. The van der Waals surface area contributed by atoms with Crippen molar-refractivity contribution in [1.29, 1.82) is 0 Å². The Labute approximate surface area is 122 Å². The normalized spacial score (nSPS) is 11.6. The molecular weight excluding hydrogens is 277 g/mol. The molecule has 0 saturated heterocycles. The van der Waals surface area contributed by atoms with Crippen molar-refractivity contribution in [2.75, 3.05) is 19.6 Å². The summed E-state index contributed by atoms with van der Waals surface area (Å²) in [6.45, 7) is 1.87. The van der Waals surface area contributed by atoms with E-state index in [0.29, 0.717) is 12.2 Å². The molecule has 0 fully saturated rings. The van der Waals surface area contributed by atoms with Gasteiger partial charge in [0.25, 0.3) is 0 Å². The molecule has 2 amide bonds. The van der Waals surface area contributed by atoms with Crippen LogP contribution in [0.5, 0.6) is 5.75 Å². The van der Waals surface area contributed by atoms with E-state index in [1.165, 1.54) is 12.1 Å². The predicted molar refractivity (Wildman–Crippen MR) is 76.2 cm³/mol. The van der Waals surface area contributed by atoms with Crippen LogP contribution in [0.15, 0.2) is 24.3 Å². The first-order valence-corrected chi connectivity index (χ1v) is 6.70. The van der Waals surface area contributed by atoms with Gasteiger partial charge in [0.1, 0.15) is 17.7 Å². The van der Waals surface area contributed by atoms with E-state index in [9.17, 15) is 14.0 Å².